The topological polar surface area (TPSA) is 167 Å². The number of carbonyl (C=O) groups excluding carboxylic acids is 1. The standard InChI is InChI=1S/C19H24N5O8P/c25-14-15-12(8-29-33(27,28)32-15)31-18(14)24-10-22-13-16(20-9-21-17(13)24)23-19(26)30-11-6-4-2-1-3-5-7-11/h4,6,9-12,14-15,18,25H,1-3,5,7-8H2,(H,27,28)(H,20,21,23,26)/b6-4+/t11?,12-,14+,15?,18-/m1/s1. The monoisotopic (exact) mass is 481 g/mol. The van der Waals surface area contributed by atoms with Gasteiger partial charge in [0, 0.05) is 0 Å². The summed E-state index contributed by atoms with van der Waals surface area (Å²) in [4.78, 5) is 34.5. The van der Waals surface area contributed by atoms with Crippen molar-refractivity contribution in [3.63, 3.8) is 0 Å². The molecule has 0 aromatic carbocycles. The van der Waals surface area contributed by atoms with Crippen LogP contribution in [0.5, 0.6) is 0 Å². The number of allylic oxidation sites excluding steroid dienone is 1. The normalized spacial score (nSPS) is 35.4. The van der Waals surface area contributed by atoms with E-state index in [0.717, 1.165) is 32.1 Å². The van der Waals surface area contributed by atoms with E-state index in [0.29, 0.717) is 0 Å². The van der Waals surface area contributed by atoms with Gasteiger partial charge in [-0.25, -0.2) is 24.3 Å². The van der Waals surface area contributed by atoms with E-state index in [-0.39, 0.29) is 29.7 Å². The molecular weight excluding hydrogens is 457 g/mol. The number of nitrogens with zero attached hydrogens (tertiary/aromatic N) is 4. The Kier molecular flexibility index (Phi) is 6.16. The van der Waals surface area contributed by atoms with Crippen LogP contribution in [-0.4, -0.2) is 66.6 Å². The van der Waals surface area contributed by atoms with Crippen molar-refractivity contribution in [3.05, 3.63) is 24.8 Å². The second-order valence-electron chi connectivity index (χ2n) is 8.07. The van der Waals surface area contributed by atoms with Crippen LogP contribution in [-0.2, 0) is 23.1 Å². The van der Waals surface area contributed by atoms with Gasteiger partial charge in [-0.2, -0.15) is 0 Å². The molecule has 5 rings (SSSR count). The number of anilines is 1. The number of hydrogen-bond acceptors (Lipinski definition) is 10. The third-order valence-corrected chi connectivity index (χ3v) is 6.77. The third kappa shape index (κ3) is 4.65. The van der Waals surface area contributed by atoms with Gasteiger partial charge in [-0.15, -0.1) is 0 Å². The lowest BCUT2D eigenvalue weighted by molar-refractivity contribution is -0.0664. The molecule has 0 saturated carbocycles. The average molecular weight is 481 g/mol. The first-order valence-electron chi connectivity index (χ1n) is 10.7. The Balaban J connectivity index is 1.33. The minimum absolute atomic E-state index is 0.142. The van der Waals surface area contributed by atoms with Gasteiger partial charge < -0.3 is 19.5 Å². The molecule has 2 aliphatic heterocycles. The maximum Gasteiger partial charge on any atom is 0.472 e. The van der Waals surface area contributed by atoms with Crippen LogP contribution in [0, 0.1) is 0 Å². The number of nitrogens with one attached hydrogen (secondary N) is 1. The first-order valence-corrected chi connectivity index (χ1v) is 12.2. The fraction of sp³-hybridized carbons (Fsp3) is 0.579. The molecule has 3 unspecified atom stereocenters. The maximum absolute atomic E-state index is 12.5. The van der Waals surface area contributed by atoms with Crippen LogP contribution in [0.1, 0.15) is 38.3 Å². The quantitative estimate of drug-likeness (QED) is 0.433. The molecule has 1 amide bonds. The lowest BCUT2D eigenvalue weighted by Crippen LogP contribution is -2.39. The molecule has 1 aliphatic carbocycles. The smallest absolute Gasteiger partial charge is 0.442 e. The number of phosphoric ester groups is 1. The molecular formula is C19H24N5O8P. The van der Waals surface area contributed by atoms with Gasteiger partial charge in [-0.1, -0.05) is 12.5 Å². The largest absolute Gasteiger partial charge is 0.472 e. The van der Waals surface area contributed by atoms with Crippen molar-refractivity contribution in [1.29, 1.82) is 0 Å². The van der Waals surface area contributed by atoms with Crippen LogP contribution in [0.15, 0.2) is 24.8 Å². The van der Waals surface area contributed by atoms with Gasteiger partial charge in [-0.05, 0) is 31.8 Å². The number of aromatic nitrogens is 4. The lowest BCUT2D eigenvalue weighted by atomic mass is 10.0. The average Bonchev–Trinajstić information content (AvgIpc) is 3.31. The number of aliphatic hydroxyl groups excluding tert-OH is 1. The van der Waals surface area contributed by atoms with E-state index < -0.39 is 38.5 Å². The van der Waals surface area contributed by atoms with Gasteiger partial charge in [0.2, 0.25) is 0 Å². The van der Waals surface area contributed by atoms with E-state index in [9.17, 15) is 19.4 Å². The van der Waals surface area contributed by atoms with E-state index in [1.165, 1.54) is 17.2 Å². The fourth-order valence-corrected chi connectivity index (χ4v) is 5.15. The Bertz CT molecular complexity index is 1110. The zero-order valence-electron chi connectivity index (χ0n) is 17.5. The Labute approximate surface area is 188 Å². The molecule has 6 atom stereocenters. The van der Waals surface area contributed by atoms with Crippen molar-refractivity contribution in [1.82, 2.24) is 19.5 Å². The van der Waals surface area contributed by atoms with Gasteiger partial charge in [-0.3, -0.25) is 18.9 Å². The summed E-state index contributed by atoms with van der Waals surface area (Å²) in [5.74, 6) is 0.142. The Morgan fingerprint density at radius 3 is 3.03 bits per heavy atom. The molecule has 2 aromatic rings. The molecule has 3 N–H and O–H groups in total. The summed E-state index contributed by atoms with van der Waals surface area (Å²) in [6.45, 7) is -0.206. The lowest BCUT2D eigenvalue weighted by Gasteiger charge is -2.27. The highest BCUT2D eigenvalue weighted by Gasteiger charge is 2.52. The molecule has 2 fully saturated rings. The molecule has 0 radical (unpaired) electrons. The van der Waals surface area contributed by atoms with Gasteiger partial charge >= 0.3 is 13.9 Å². The van der Waals surface area contributed by atoms with Crippen LogP contribution in [0.3, 0.4) is 0 Å². The molecule has 3 aliphatic rings. The van der Waals surface area contributed by atoms with Crippen molar-refractivity contribution in [2.24, 2.45) is 0 Å². The number of amides is 1. The molecule has 178 valence electrons. The number of aliphatic hydroxyl groups is 1. The SMILES string of the molecule is O=C(Nc1ncnc2c1ncn2[C@@H]1O[C@@H]2COP(=O)(O)OC2[C@@H]1O)OC1/C=C/CCCCC1. The van der Waals surface area contributed by atoms with Gasteiger partial charge in [0.1, 0.15) is 30.7 Å². The number of phosphoric acid groups is 1. The summed E-state index contributed by atoms with van der Waals surface area (Å²) in [6.07, 6.45) is 6.43. The second-order valence-corrected chi connectivity index (χ2v) is 9.48. The van der Waals surface area contributed by atoms with E-state index in [2.05, 4.69) is 20.3 Å². The first kappa shape index (κ1) is 22.4. The second kappa shape index (κ2) is 9.09. The number of carbonyl (C=O) groups is 1. The van der Waals surface area contributed by atoms with E-state index in [4.69, 9.17) is 18.5 Å². The van der Waals surface area contributed by atoms with Crippen LogP contribution in [0.2, 0.25) is 0 Å². The summed E-state index contributed by atoms with van der Waals surface area (Å²) in [7, 11) is -4.25. The molecule has 13 nitrogen and oxygen atoms in total. The number of rotatable bonds is 3. The summed E-state index contributed by atoms with van der Waals surface area (Å²) in [5, 5.41) is 13.3. The maximum atomic E-state index is 12.5. The zero-order chi connectivity index (χ0) is 23.0. The predicted molar refractivity (Wildman–Crippen MR) is 112 cm³/mol. The van der Waals surface area contributed by atoms with Crippen LogP contribution >= 0.6 is 7.82 Å². The number of fused-ring (bicyclic) bond motifs is 2. The van der Waals surface area contributed by atoms with Gasteiger partial charge in [0.05, 0.1) is 12.9 Å². The highest BCUT2D eigenvalue weighted by atomic mass is 31.2. The molecule has 0 spiro atoms. The number of ether oxygens (including phenoxy) is 2. The molecule has 2 saturated heterocycles. The van der Waals surface area contributed by atoms with E-state index in [1.54, 1.807) is 0 Å². The van der Waals surface area contributed by atoms with Crippen molar-refractivity contribution in [3.8, 4) is 0 Å². The van der Waals surface area contributed by atoms with E-state index in [1.807, 2.05) is 12.2 Å². The van der Waals surface area contributed by atoms with Gasteiger partial charge in [0.25, 0.3) is 0 Å². The minimum atomic E-state index is -4.25. The van der Waals surface area contributed by atoms with Gasteiger partial charge in [0.15, 0.2) is 23.2 Å². The fourth-order valence-electron chi connectivity index (χ4n) is 4.19. The Morgan fingerprint density at radius 1 is 1.27 bits per heavy atom. The molecule has 4 heterocycles. The first-order chi connectivity index (χ1) is 15.9. The third-order valence-electron chi connectivity index (χ3n) is 5.79. The van der Waals surface area contributed by atoms with Crippen LogP contribution < -0.4 is 5.32 Å². The van der Waals surface area contributed by atoms with Crippen LogP contribution in [0.25, 0.3) is 11.2 Å². The molecule has 0 bridgehead atoms. The number of hydrogen-bond donors (Lipinski definition) is 3. The molecule has 14 heteroatoms. The Hall–Kier alpha value is -2.41. The summed E-state index contributed by atoms with van der Waals surface area (Å²) in [6, 6.07) is 0. The highest BCUT2D eigenvalue weighted by molar-refractivity contribution is 7.47. The molecule has 33 heavy (non-hydrogen) atoms. The number of imidazole rings is 1. The summed E-state index contributed by atoms with van der Waals surface area (Å²) in [5.41, 5.74) is 0.542. The Morgan fingerprint density at radius 2 is 2.15 bits per heavy atom. The predicted octanol–water partition coefficient (Wildman–Crippen LogP) is 2.04. The van der Waals surface area contributed by atoms with Crippen molar-refractivity contribution in [2.75, 3.05) is 11.9 Å². The molecule has 2 aromatic heterocycles. The van der Waals surface area contributed by atoms with Crippen LogP contribution in [0.4, 0.5) is 10.6 Å². The van der Waals surface area contributed by atoms with Crippen molar-refractivity contribution in [2.45, 2.75) is 62.7 Å². The minimum Gasteiger partial charge on any atom is -0.442 e. The summed E-state index contributed by atoms with van der Waals surface area (Å²) >= 11 is 0. The van der Waals surface area contributed by atoms with Crippen molar-refractivity contribution < 1.29 is 37.9 Å². The highest BCUT2D eigenvalue weighted by Crippen LogP contribution is 2.52. The summed E-state index contributed by atoms with van der Waals surface area (Å²) < 4.78 is 34.2. The van der Waals surface area contributed by atoms with Crippen molar-refractivity contribution >= 4 is 30.9 Å². The zero-order valence-corrected chi connectivity index (χ0v) is 18.4. The van der Waals surface area contributed by atoms with E-state index >= 15 is 0 Å².